The molecule has 2 aromatic rings. The quantitative estimate of drug-likeness (QED) is 0.810. The predicted molar refractivity (Wildman–Crippen MR) is 90.0 cm³/mol. The standard InChI is InChI=1S/C18H21N3O3/c1-12(2)20-9-8-15(19-20)18(23)24-11-17(22)21-13(3)10-14-6-4-5-7-16(14)21/h4-9,12-13H,10-11H2,1-3H3/t13-/m1/s1. The topological polar surface area (TPSA) is 64.4 Å². The first kappa shape index (κ1) is 16.2. The van der Waals surface area contributed by atoms with Gasteiger partial charge in [-0.25, -0.2) is 4.79 Å². The SMILES string of the molecule is CC(C)n1ccc(C(=O)OCC(=O)N2c3ccccc3C[C@H]2C)n1. The average molecular weight is 327 g/mol. The van der Waals surface area contributed by atoms with Crippen molar-refractivity contribution in [3.8, 4) is 0 Å². The summed E-state index contributed by atoms with van der Waals surface area (Å²) in [6.07, 6.45) is 2.54. The van der Waals surface area contributed by atoms with Gasteiger partial charge in [0.25, 0.3) is 5.91 Å². The Morgan fingerprint density at radius 2 is 2.04 bits per heavy atom. The van der Waals surface area contributed by atoms with Gasteiger partial charge in [0.1, 0.15) is 0 Å². The fourth-order valence-electron chi connectivity index (χ4n) is 2.95. The van der Waals surface area contributed by atoms with E-state index >= 15 is 0 Å². The summed E-state index contributed by atoms with van der Waals surface area (Å²) < 4.78 is 6.83. The third-order valence-corrected chi connectivity index (χ3v) is 4.15. The summed E-state index contributed by atoms with van der Waals surface area (Å²) in [5.41, 5.74) is 2.25. The number of aromatic nitrogens is 2. The van der Waals surface area contributed by atoms with E-state index in [0.29, 0.717) is 0 Å². The van der Waals surface area contributed by atoms with Gasteiger partial charge in [-0.15, -0.1) is 0 Å². The minimum Gasteiger partial charge on any atom is -0.451 e. The monoisotopic (exact) mass is 327 g/mol. The van der Waals surface area contributed by atoms with Crippen molar-refractivity contribution in [3.63, 3.8) is 0 Å². The molecule has 3 rings (SSSR count). The first-order valence-corrected chi connectivity index (χ1v) is 8.09. The number of para-hydroxylation sites is 1. The van der Waals surface area contributed by atoms with Gasteiger partial charge in [0.05, 0.1) is 0 Å². The van der Waals surface area contributed by atoms with Crippen LogP contribution in [0.5, 0.6) is 0 Å². The van der Waals surface area contributed by atoms with E-state index in [4.69, 9.17) is 4.74 Å². The number of nitrogens with zero attached hydrogens (tertiary/aromatic N) is 3. The van der Waals surface area contributed by atoms with Gasteiger partial charge in [-0.1, -0.05) is 18.2 Å². The smallest absolute Gasteiger partial charge is 0.359 e. The van der Waals surface area contributed by atoms with Gasteiger partial charge in [-0.3, -0.25) is 9.48 Å². The number of fused-ring (bicyclic) bond motifs is 1. The fourth-order valence-corrected chi connectivity index (χ4v) is 2.95. The summed E-state index contributed by atoms with van der Waals surface area (Å²) in [5, 5.41) is 4.15. The zero-order valence-corrected chi connectivity index (χ0v) is 14.1. The van der Waals surface area contributed by atoms with E-state index < -0.39 is 5.97 Å². The number of ether oxygens (including phenoxy) is 1. The molecule has 1 aliphatic rings. The molecule has 0 fully saturated rings. The maximum absolute atomic E-state index is 12.5. The van der Waals surface area contributed by atoms with Crippen LogP contribution in [-0.4, -0.2) is 34.3 Å². The van der Waals surface area contributed by atoms with Gasteiger partial charge in [-0.2, -0.15) is 5.10 Å². The lowest BCUT2D eigenvalue weighted by atomic mass is 10.1. The van der Waals surface area contributed by atoms with Gasteiger partial charge in [0.15, 0.2) is 12.3 Å². The third-order valence-electron chi connectivity index (χ3n) is 4.15. The lowest BCUT2D eigenvalue weighted by Crippen LogP contribution is -2.38. The van der Waals surface area contributed by atoms with Gasteiger partial charge in [-0.05, 0) is 44.9 Å². The van der Waals surface area contributed by atoms with Crippen LogP contribution in [0, 0.1) is 0 Å². The number of benzene rings is 1. The van der Waals surface area contributed by atoms with E-state index in [9.17, 15) is 9.59 Å². The Morgan fingerprint density at radius 1 is 1.29 bits per heavy atom. The molecule has 1 aromatic heterocycles. The highest BCUT2D eigenvalue weighted by molar-refractivity contribution is 5.98. The van der Waals surface area contributed by atoms with Crippen LogP contribution in [0.2, 0.25) is 0 Å². The van der Waals surface area contributed by atoms with Gasteiger partial charge < -0.3 is 9.64 Å². The summed E-state index contributed by atoms with van der Waals surface area (Å²) in [7, 11) is 0. The third kappa shape index (κ3) is 3.04. The van der Waals surface area contributed by atoms with Gasteiger partial charge in [0.2, 0.25) is 0 Å². The molecule has 0 saturated carbocycles. The van der Waals surface area contributed by atoms with Crippen LogP contribution in [0.3, 0.4) is 0 Å². The average Bonchev–Trinajstić information content (AvgIpc) is 3.16. The van der Waals surface area contributed by atoms with Crippen LogP contribution in [0.4, 0.5) is 5.69 Å². The number of esters is 1. The molecule has 0 N–H and O–H groups in total. The summed E-state index contributed by atoms with van der Waals surface area (Å²) in [6.45, 7) is 5.64. The van der Waals surface area contributed by atoms with Crippen molar-refractivity contribution in [1.29, 1.82) is 0 Å². The van der Waals surface area contributed by atoms with E-state index in [1.807, 2.05) is 45.0 Å². The molecule has 0 unspecified atom stereocenters. The molecule has 0 aliphatic carbocycles. The van der Waals surface area contributed by atoms with Crippen molar-refractivity contribution in [2.45, 2.75) is 39.3 Å². The molecular weight excluding hydrogens is 306 g/mol. The van der Waals surface area contributed by atoms with Crippen molar-refractivity contribution in [3.05, 3.63) is 47.8 Å². The van der Waals surface area contributed by atoms with Crippen molar-refractivity contribution in [1.82, 2.24) is 9.78 Å². The van der Waals surface area contributed by atoms with Crippen LogP contribution in [0.1, 0.15) is 42.9 Å². The first-order valence-electron chi connectivity index (χ1n) is 8.09. The van der Waals surface area contributed by atoms with Crippen LogP contribution < -0.4 is 4.90 Å². The lowest BCUT2D eigenvalue weighted by Gasteiger charge is -2.22. The van der Waals surface area contributed by atoms with Crippen LogP contribution in [0.25, 0.3) is 0 Å². The molecule has 24 heavy (non-hydrogen) atoms. The second kappa shape index (κ2) is 6.47. The van der Waals surface area contributed by atoms with Crippen LogP contribution in [0.15, 0.2) is 36.5 Å². The zero-order chi connectivity index (χ0) is 17.3. The molecule has 0 saturated heterocycles. The second-order valence-corrected chi connectivity index (χ2v) is 6.30. The number of amides is 1. The summed E-state index contributed by atoms with van der Waals surface area (Å²) in [4.78, 5) is 26.3. The Balaban J connectivity index is 1.64. The maximum atomic E-state index is 12.5. The summed E-state index contributed by atoms with van der Waals surface area (Å²) in [6, 6.07) is 9.63. The van der Waals surface area contributed by atoms with Crippen molar-refractivity contribution < 1.29 is 14.3 Å². The number of rotatable bonds is 4. The largest absolute Gasteiger partial charge is 0.451 e. The van der Waals surface area contributed by atoms with Crippen molar-refractivity contribution >= 4 is 17.6 Å². The highest BCUT2D eigenvalue weighted by Gasteiger charge is 2.31. The minimum atomic E-state index is -0.581. The molecule has 0 spiro atoms. The van der Waals surface area contributed by atoms with Gasteiger partial charge in [0, 0.05) is 24.0 Å². The summed E-state index contributed by atoms with van der Waals surface area (Å²) >= 11 is 0. The predicted octanol–water partition coefficient (Wildman–Crippen LogP) is 2.60. The molecule has 1 aliphatic heterocycles. The molecule has 6 heteroatoms. The molecule has 126 valence electrons. The van der Waals surface area contributed by atoms with Gasteiger partial charge >= 0.3 is 5.97 Å². The summed E-state index contributed by atoms with van der Waals surface area (Å²) in [5.74, 6) is -0.799. The number of hydrogen-bond donors (Lipinski definition) is 0. The number of carbonyl (C=O) groups is 2. The molecule has 1 atom stereocenters. The molecule has 2 heterocycles. The number of carbonyl (C=O) groups excluding carboxylic acids is 2. The van der Waals surface area contributed by atoms with E-state index in [0.717, 1.165) is 17.7 Å². The Hall–Kier alpha value is -2.63. The van der Waals surface area contributed by atoms with E-state index in [1.165, 1.54) is 0 Å². The molecular formula is C18H21N3O3. The highest BCUT2D eigenvalue weighted by atomic mass is 16.5. The Kier molecular flexibility index (Phi) is 4.38. The van der Waals surface area contributed by atoms with Crippen LogP contribution in [-0.2, 0) is 16.0 Å². The van der Waals surface area contributed by atoms with Crippen molar-refractivity contribution in [2.24, 2.45) is 0 Å². The van der Waals surface area contributed by atoms with E-state index in [2.05, 4.69) is 5.10 Å². The van der Waals surface area contributed by atoms with E-state index in [-0.39, 0.29) is 30.3 Å². The normalized spacial score (nSPS) is 16.3. The maximum Gasteiger partial charge on any atom is 0.359 e. The molecule has 1 aromatic carbocycles. The number of hydrogen-bond acceptors (Lipinski definition) is 4. The molecule has 0 bridgehead atoms. The Labute approximate surface area is 141 Å². The zero-order valence-electron chi connectivity index (χ0n) is 14.1. The molecule has 0 radical (unpaired) electrons. The minimum absolute atomic E-state index is 0.0637. The van der Waals surface area contributed by atoms with E-state index in [1.54, 1.807) is 21.8 Å². The highest BCUT2D eigenvalue weighted by Crippen LogP contribution is 2.31. The lowest BCUT2D eigenvalue weighted by molar-refractivity contribution is -0.122. The molecule has 1 amide bonds. The number of anilines is 1. The Morgan fingerprint density at radius 3 is 2.75 bits per heavy atom. The Bertz CT molecular complexity index is 766. The second-order valence-electron chi connectivity index (χ2n) is 6.30. The van der Waals surface area contributed by atoms with Crippen molar-refractivity contribution in [2.75, 3.05) is 11.5 Å². The fraction of sp³-hybridized carbons (Fsp3) is 0.389. The molecule has 6 nitrogen and oxygen atoms in total. The van der Waals surface area contributed by atoms with Crippen LogP contribution >= 0.6 is 0 Å². The first-order chi connectivity index (χ1) is 11.5.